The van der Waals surface area contributed by atoms with Crippen LogP contribution in [0.3, 0.4) is 0 Å². The molecule has 4 aromatic heterocycles. The second-order valence-electron chi connectivity index (χ2n) is 11.7. The standard InChI is InChI=1S/C36H39N5O5S2/c1-8-28-18-32-33(23(5)37-28)34(26-11-13-29(44-7)14-12-26)38-41(32)19-25-10-15-30(27(17-25)20-45-9-2)31-16-21(3)47-36(31)48(42,43)40-35-22(4)24(6)46-39-35/h10-18H,8-9,19-20H2,1-7H3,(H,39,40). The number of hydrogen-bond acceptors (Lipinski definition) is 9. The van der Waals surface area contributed by atoms with E-state index in [0.717, 1.165) is 67.3 Å². The highest BCUT2D eigenvalue weighted by atomic mass is 32.2. The number of hydrogen-bond donors (Lipinski definition) is 1. The minimum atomic E-state index is -3.96. The van der Waals surface area contributed by atoms with Gasteiger partial charge in [-0.25, -0.2) is 8.42 Å². The number of thiophene rings is 1. The van der Waals surface area contributed by atoms with Crippen molar-refractivity contribution in [2.45, 2.75) is 65.3 Å². The Morgan fingerprint density at radius 2 is 1.75 bits per heavy atom. The van der Waals surface area contributed by atoms with E-state index in [1.165, 1.54) is 11.3 Å². The second-order valence-corrected chi connectivity index (χ2v) is 14.8. The van der Waals surface area contributed by atoms with Crippen LogP contribution in [0, 0.1) is 27.7 Å². The fourth-order valence-electron chi connectivity index (χ4n) is 5.77. The molecule has 4 heterocycles. The van der Waals surface area contributed by atoms with Crippen LogP contribution >= 0.6 is 11.3 Å². The Kier molecular flexibility index (Phi) is 9.41. The van der Waals surface area contributed by atoms with Crippen molar-refractivity contribution in [2.24, 2.45) is 0 Å². The number of ether oxygens (including phenoxy) is 2. The lowest BCUT2D eigenvalue weighted by atomic mass is 9.99. The number of nitrogens with one attached hydrogen (secondary N) is 1. The molecule has 0 atom stereocenters. The number of benzene rings is 2. The summed E-state index contributed by atoms with van der Waals surface area (Å²) < 4.78 is 48.8. The fraction of sp³-hybridized carbons (Fsp3) is 0.306. The van der Waals surface area contributed by atoms with Gasteiger partial charge >= 0.3 is 0 Å². The first-order chi connectivity index (χ1) is 23.0. The van der Waals surface area contributed by atoms with Gasteiger partial charge in [0.1, 0.15) is 21.4 Å². The average molecular weight is 686 g/mol. The number of rotatable bonds is 12. The van der Waals surface area contributed by atoms with E-state index >= 15 is 0 Å². The van der Waals surface area contributed by atoms with Crippen LogP contribution < -0.4 is 9.46 Å². The molecule has 0 fully saturated rings. The van der Waals surface area contributed by atoms with Gasteiger partial charge in [0.15, 0.2) is 5.82 Å². The van der Waals surface area contributed by atoms with Crippen LogP contribution in [-0.2, 0) is 34.3 Å². The third-order valence-corrected chi connectivity index (χ3v) is 11.3. The summed E-state index contributed by atoms with van der Waals surface area (Å²) in [7, 11) is -2.31. The van der Waals surface area contributed by atoms with Crippen molar-refractivity contribution in [3.05, 3.63) is 93.3 Å². The molecule has 0 unspecified atom stereocenters. The Balaban J connectivity index is 1.42. The predicted octanol–water partition coefficient (Wildman–Crippen LogP) is 8.01. The lowest BCUT2D eigenvalue weighted by Crippen LogP contribution is -2.13. The molecule has 1 N–H and O–H groups in total. The van der Waals surface area contributed by atoms with E-state index < -0.39 is 10.0 Å². The molecule has 0 aliphatic heterocycles. The summed E-state index contributed by atoms with van der Waals surface area (Å²) in [5.74, 6) is 1.53. The maximum atomic E-state index is 13.7. The summed E-state index contributed by atoms with van der Waals surface area (Å²) in [5.41, 5.74) is 8.73. The third kappa shape index (κ3) is 6.47. The van der Waals surface area contributed by atoms with Crippen molar-refractivity contribution in [3.63, 3.8) is 0 Å². The third-order valence-electron chi connectivity index (χ3n) is 8.40. The predicted molar refractivity (Wildman–Crippen MR) is 189 cm³/mol. The minimum absolute atomic E-state index is 0.187. The molecule has 12 heteroatoms. The number of nitrogens with zero attached hydrogens (tertiary/aromatic N) is 4. The van der Waals surface area contributed by atoms with E-state index in [0.29, 0.717) is 36.6 Å². The largest absolute Gasteiger partial charge is 0.497 e. The molecule has 0 aliphatic carbocycles. The van der Waals surface area contributed by atoms with Gasteiger partial charge in [-0.15, -0.1) is 11.3 Å². The van der Waals surface area contributed by atoms with E-state index in [1.807, 2.05) is 67.9 Å². The zero-order valence-electron chi connectivity index (χ0n) is 28.2. The highest BCUT2D eigenvalue weighted by Gasteiger charge is 2.27. The lowest BCUT2D eigenvalue weighted by molar-refractivity contribution is 0.134. The van der Waals surface area contributed by atoms with Crippen molar-refractivity contribution in [1.29, 1.82) is 0 Å². The summed E-state index contributed by atoms with van der Waals surface area (Å²) in [5, 5.41) is 10.0. The molecule has 0 saturated heterocycles. The molecule has 0 aliphatic rings. The average Bonchev–Trinajstić information content (AvgIpc) is 3.75. The van der Waals surface area contributed by atoms with Crippen molar-refractivity contribution in [2.75, 3.05) is 18.4 Å². The van der Waals surface area contributed by atoms with Gasteiger partial charge in [0.25, 0.3) is 10.0 Å². The molecule has 2 aromatic carbocycles. The molecule has 250 valence electrons. The molecule has 0 bridgehead atoms. The number of sulfonamides is 1. The highest BCUT2D eigenvalue weighted by Crippen LogP contribution is 2.39. The molecular weight excluding hydrogens is 647 g/mol. The molecule has 48 heavy (non-hydrogen) atoms. The molecule has 6 aromatic rings. The molecular formula is C36H39N5O5S2. The zero-order valence-corrected chi connectivity index (χ0v) is 29.8. The monoisotopic (exact) mass is 685 g/mol. The topological polar surface area (TPSA) is 121 Å². The van der Waals surface area contributed by atoms with Gasteiger partial charge in [-0.2, -0.15) is 5.10 Å². The second kappa shape index (κ2) is 13.5. The summed E-state index contributed by atoms with van der Waals surface area (Å²) >= 11 is 1.22. The number of fused-ring (bicyclic) bond motifs is 1. The molecule has 0 spiro atoms. The first-order valence-corrected chi connectivity index (χ1v) is 18.1. The smallest absolute Gasteiger partial charge is 0.273 e. The van der Waals surface area contributed by atoms with Crippen LogP contribution in [-0.4, -0.2) is 42.1 Å². The van der Waals surface area contributed by atoms with Crippen molar-refractivity contribution in [3.8, 4) is 28.1 Å². The Morgan fingerprint density at radius 1 is 0.979 bits per heavy atom. The SMILES string of the molecule is CCOCc1cc(Cn2nc(-c3ccc(OC)cc3)c3c(C)nc(CC)cc32)ccc1-c1cc(C)sc1S(=O)(=O)Nc1noc(C)c1C. The van der Waals surface area contributed by atoms with Gasteiger partial charge in [0, 0.05) is 44.9 Å². The molecule has 0 radical (unpaired) electrons. The quantitative estimate of drug-likeness (QED) is 0.138. The lowest BCUT2D eigenvalue weighted by Gasteiger charge is -2.14. The summed E-state index contributed by atoms with van der Waals surface area (Å²) in [6.07, 6.45) is 0.809. The van der Waals surface area contributed by atoms with Crippen LogP contribution in [0.15, 0.2) is 63.3 Å². The molecule has 6 rings (SSSR count). The van der Waals surface area contributed by atoms with Crippen LogP contribution in [0.25, 0.3) is 33.3 Å². The molecule has 0 saturated carbocycles. The number of aryl methyl sites for hydroxylation is 4. The van der Waals surface area contributed by atoms with Crippen LogP contribution in [0.2, 0.25) is 0 Å². The zero-order chi connectivity index (χ0) is 34.2. The number of methoxy groups -OCH3 is 1. The normalized spacial score (nSPS) is 11.8. The maximum absolute atomic E-state index is 13.7. The van der Waals surface area contributed by atoms with Gasteiger partial charge in [0.05, 0.1) is 25.8 Å². The highest BCUT2D eigenvalue weighted by molar-refractivity contribution is 7.94. The molecule has 10 nitrogen and oxygen atoms in total. The van der Waals surface area contributed by atoms with E-state index in [2.05, 4.69) is 28.9 Å². The first kappa shape index (κ1) is 33.4. The van der Waals surface area contributed by atoms with Gasteiger partial charge in [0.2, 0.25) is 0 Å². The fourth-order valence-corrected chi connectivity index (χ4v) is 8.47. The summed E-state index contributed by atoms with van der Waals surface area (Å²) in [4.78, 5) is 5.73. The molecule has 0 amide bonds. The van der Waals surface area contributed by atoms with E-state index in [-0.39, 0.29) is 10.0 Å². The van der Waals surface area contributed by atoms with Gasteiger partial charge in [-0.05, 0) is 94.1 Å². The van der Waals surface area contributed by atoms with Gasteiger partial charge in [-0.1, -0.05) is 30.3 Å². The number of pyridine rings is 1. The Bertz CT molecular complexity index is 2220. The minimum Gasteiger partial charge on any atom is -0.497 e. The van der Waals surface area contributed by atoms with Crippen molar-refractivity contribution < 1.29 is 22.4 Å². The Hall–Kier alpha value is -4.52. The maximum Gasteiger partial charge on any atom is 0.273 e. The Labute approximate surface area is 284 Å². The van der Waals surface area contributed by atoms with E-state index in [4.69, 9.17) is 24.1 Å². The number of aromatic nitrogens is 4. The van der Waals surface area contributed by atoms with Crippen LogP contribution in [0.4, 0.5) is 5.82 Å². The van der Waals surface area contributed by atoms with Crippen LogP contribution in [0.1, 0.15) is 52.6 Å². The first-order valence-electron chi connectivity index (χ1n) is 15.8. The van der Waals surface area contributed by atoms with Gasteiger partial charge < -0.3 is 14.0 Å². The summed E-state index contributed by atoms with van der Waals surface area (Å²) in [6, 6.07) is 18.0. The Morgan fingerprint density at radius 3 is 2.42 bits per heavy atom. The van der Waals surface area contributed by atoms with Crippen molar-refractivity contribution in [1.82, 2.24) is 19.9 Å². The number of anilines is 1. The van der Waals surface area contributed by atoms with Crippen molar-refractivity contribution >= 4 is 38.1 Å². The van der Waals surface area contributed by atoms with Crippen LogP contribution in [0.5, 0.6) is 5.75 Å². The van der Waals surface area contributed by atoms with E-state index in [9.17, 15) is 8.42 Å². The van der Waals surface area contributed by atoms with Gasteiger partial charge in [-0.3, -0.25) is 14.4 Å². The van der Waals surface area contributed by atoms with E-state index in [1.54, 1.807) is 21.0 Å². The summed E-state index contributed by atoms with van der Waals surface area (Å²) in [6.45, 7) is 12.8.